The van der Waals surface area contributed by atoms with Crippen LogP contribution in [0.25, 0.3) is 11.0 Å². The van der Waals surface area contributed by atoms with Gasteiger partial charge in [-0.3, -0.25) is 9.59 Å². The summed E-state index contributed by atoms with van der Waals surface area (Å²) in [5.41, 5.74) is 3.66. The average Bonchev–Trinajstić information content (AvgIpc) is 3.13. The van der Waals surface area contributed by atoms with Crippen molar-refractivity contribution < 1.29 is 13.9 Å². The average molecular weight is 454 g/mol. The van der Waals surface area contributed by atoms with E-state index in [1.165, 1.54) is 0 Å². The molecule has 3 aromatic carbocycles. The number of unbranched alkanes of at least 4 members (excludes halogenated alkanes) is 1. The van der Waals surface area contributed by atoms with Gasteiger partial charge in [0.25, 0.3) is 5.91 Å². The number of carbonyl (C=O) groups excluding carboxylic acids is 1. The number of hydrogen-bond acceptors (Lipinski definition) is 4. The number of amides is 1. The van der Waals surface area contributed by atoms with Crippen molar-refractivity contribution in [1.29, 1.82) is 0 Å². The molecule has 0 unspecified atom stereocenters. The van der Waals surface area contributed by atoms with Crippen LogP contribution in [0.1, 0.15) is 58.6 Å². The first-order valence-corrected chi connectivity index (χ1v) is 11.7. The van der Waals surface area contributed by atoms with Crippen LogP contribution in [0.5, 0.6) is 5.75 Å². The van der Waals surface area contributed by atoms with Crippen LogP contribution < -0.4 is 10.2 Å². The van der Waals surface area contributed by atoms with E-state index in [1.807, 2.05) is 61.5 Å². The Balaban J connectivity index is 1.59. The van der Waals surface area contributed by atoms with Crippen molar-refractivity contribution in [2.24, 2.45) is 0 Å². The molecule has 5 nitrogen and oxygen atoms in total. The van der Waals surface area contributed by atoms with Crippen LogP contribution >= 0.6 is 0 Å². The molecule has 172 valence electrons. The highest BCUT2D eigenvalue weighted by atomic mass is 16.5. The molecule has 1 amide bonds. The van der Waals surface area contributed by atoms with E-state index in [0.29, 0.717) is 29.7 Å². The lowest BCUT2D eigenvalue weighted by molar-refractivity contribution is 0.0714. The number of carbonyl (C=O) groups is 1. The van der Waals surface area contributed by atoms with E-state index in [4.69, 9.17) is 9.15 Å². The number of ether oxygens (including phenoxy) is 1. The van der Waals surface area contributed by atoms with Crippen LogP contribution in [-0.4, -0.2) is 17.4 Å². The topological polar surface area (TPSA) is 59.8 Å². The summed E-state index contributed by atoms with van der Waals surface area (Å²) in [6, 6.07) is 22.3. The molecular weight excluding hydrogens is 426 g/mol. The SMILES string of the molecule is CCCCOc1ccc([C@@H]2c3c(oc4ccccc4c3=O)C(=O)N2Cc2ccc(C)cc2)cc1. The molecule has 1 atom stereocenters. The summed E-state index contributed by atoms with van der Waals surface area (Å²) in [6.07, 6.45) is 2.06. The number of hydrogen-bond donors (Lipinski definition) is 0. The van der Waals surface area contributed by atoms with Gasteiger partial charge in [0.05, 0.1) is 23.6 Å². The molecular formula is C29H27NO4. The molecule has 1 aliphatic rings. The van der Waals surface area contributed by atoms with Crippen LogP contribution in [0.4, 0.5) is 0 Å². The van der Waals surface area contributed by atoms with Crippen LogP contribution in [0.15, 0.2) is 82.0 Å². The van der Waals surface area contributed by atoms with Crippen molar-refractivity contribution in [3.8, 4) is 5.75 Å². The smallest absolute Gasteiger partial charge is 0.291 e. The van der Waals surface area contributed by atoms with Crippen molar-refractivity contribution >= 4 is 16.9 Å². The second-order valence-electron chi connectivity index (χ2n) is 8.76. The highest BCUT2D eigenvalue weighted by molar-refractivity contribution is 5.99. The third kappa shape index (κ3) is 3.98. The number of benzene rings is 3. The van der Waals surface area contributed by atoms with Crippen molar-refractivity contribution in [2.75, 3.05) is 6.61 Å². The predicted octanol–water partition coefficient (Wildman–Crippen LogP) is 6.03. The van der Waals surface area contributed by atoms with E-state index >= 15 is 0 Å². The minimum Gasteiger partial charge on any atom is -0.494 e. The van der Waals surface area contributed by atoms with E-state index in [9.17, 15) is 9.59 Å². The summed E-state index contributed by atoms with van der Waals surface area (Å²) in [5.74, 6) is 0.633. The van der Waals surface area contributed by atoms with E-state index in [1.54, 1.807) is 23.1 Å². The zero-order valence-corrected chi connectivity index (χ0v) is 19.4. The lowest BCUT2D eigenvalue weighted by Gasteiger charge is -2.25. The van der Waals surface area contributed by atoms with Gasteiger partial charge in [0, 0.05) is 6.54 Å². The minimum absolute atomic E-state index is 0.129. The van der Waals surface area contributed by atoms with Gasteiger partial charge in [0.2, 0.25) is 5.76 Å². The molecule has 0 spiro atoms. The van der Waals surface area contributed by atoms with Crippen molar-refractivity contribution in [3.05, 3.63) is 111 Å². The van der Waals surface area contributed by atoms with Crippen molar-refractivity contribution in [1.82, 2.24) is 4.90 Å². The maximum absolute atomic E-state index is 13.6. The number of rotatable bonds is 7. The largest absolute Gasteiger partial charge is 0.494 e. The Morgan fingerprint density at radius 3 is 2.41 bits per heavy atom. The molecule has 1 aliphatic heterocycles. The van der Waals surface area contributed by atoms with E-state index in [-0.39, 0.29) is 17.1 Å². The second kappa shape index (κ2) is 9.18. The molecule has 34 heavy (non-hydrogen) atoms. The molecule has 0 bridgehead atoms. The first-order valence-electron chi connectivity index (χ1n) is 11.7. The number of nitrogens with zero attached hydrogens (tertiary/aromatic N) is 1. The highest BCUT2D eigenvalue weighted by Gasteiger charge is 2.42. The molecule has 1 aromatic heterocycles. The Morgan fingerprint density at radius 1 is 0.941 bits per heavy atom. The van der Waals surface area contributed by atoms with Crippen LogP contribution in [-0.2, 0) is 6.54 Å². The van der Waals surface area contributed by atoms with Crippen molar-refractivity contribution in [3.63, 3.8) is 0 Å². The second-order valence-corrected chi connectivity index (χ2v) is 8.76. The van der Waals surface area contributed by atoms with Gasteiger partial charge < -0.3 is 14.1 Å². The summed E-state index contributed by atoms with van der Waals surface area (Å²) >= 11 is 0. The molecule has 5 heteroatoms. The number of fused-ring (bicyclic) bond motifs is 2. The maximum atomic E-state index is 13.6. The van der Waals surface area contributed by atoms with Gasteiger partial charge in [-0.05, 0) is 48.7 Å². The number of para-hydroxylation sites is 1. The molecule has 0 N–H and O–H groups in total. The molecule has 2 heterocycles. The van der Waals surface area contributed by atoms with Crippen LogP contribution in [0, 0.1) is 6.92 Å². The van der Waals surface area contributed by atoms with Crippen LogP contribution in [0.3, 0.4) is 0 Å². The molecule has 4 aromatic rings. The fraction of sp³-hybridized carbons (Fsp3) is 0.241. The maximum Gasteiger partial charge on any atom is 0.291 e. The molecule has 0 fully saturated rings. The fourth-order valence-corrected chi connectivity index (χ4v) is 4.45. The van der Waals surface area contributed by atoms with Gasteiger partial charge in [0.15, 0.2) is 5.43 Å². The Hall–Kier alpha value is -3.86. The summed E-state index contributed by atoms with van der Waals surface area (Å²) in [6.45, 7) is 5.19. The molecule has 0 saturated carbocycles. The quantitative estimate of drug-likeness (QED) is 0.321. The zero-order valence-electron chi connectivity index (χ0n) is 19.4. The van der Waals surface area contributed by atoms with E-state index in [0.717, 1.165) is 35.3 Å². The third-order valence-electron chi connectivity index (χ3n) is 6.31. The fourth-order valence-electron chi connectivity index (χ4n) is 4.45. The van der Waals surface area contributed by atoms with Gasteiger partial charge >= 0.3 is 0 Å². The Kier molecular flexibility index (Phi) is 5.93. The Bertz CT molecular complexity index is 1390. The summed E-state index contributed by atoms with van der Waals surface area (Å²) < 4.78 is 11.8. The summed E-state index contributed by atoms with van der Waals surface area (Å²) in [5, 5.41) is 0.482. The normalized spacial score (nSPS) is 15.1. The van der Waals surface area contributed by atoms with Gasteiger partial charge in [-0.15, -0.1) is 0 Å². The van der Waals surface area contributed by atoms with E-state index in [2.05, 4.69) is 6.92 Å². The minimum atomic E-state index is -0.533. The van der Waals surface area contributed by atoms with Gasteiger partial charge in [-0.25, -0.2) is 0 Å². The van der Waals surface area contributed by atoms with Crippen LogP contribution in [0.2, 0.25) is 0 Å². The van der Waals surface area contributed by atoms with Gasteiger partial charge in [-0.2, -0.15) is 0 Å². The Morgan fingerprint density at radius 2 is 1.68 bits per heavy atom. The monoisotopic (exact) mass is 453 g/mol. The zero-order chi connectivity index (χ0) is 23.7. The lowest BCUT2D eigenvalue weighted by Crippen LogP contribution is -2.29. The van der Waals surface area contributed by atoms with Gasteiger partial charge in [0.1, 0.15) is 11.3 Å². The molecule has 0 aliphatic carbocycles. The molecule has 0 saturated heterocycles. The lowest BCUT2D eigenvalue weighted by atomic mass is 9.98. The predicted molar refractivity (Wildman–Crippen MR) is 132 cm³/mol. The highest BCUT2D eigenvalue weighted by Crippen LogP contribution is 2.39. The summed E-state index contributed by atoms with van der Waals surface area (Å²) in [7, 11) is 0. The molecule has 0 radical (unpaired) electrons. The first kappa shape index (κ1) is 22.0. The standard InChI is InChI=1S/C29H27NO4/c1-3-4-17-33-22-15-13-21(14-16-22)26-25-27(31)23-7-5-6-8-24(23)34-28(25)29(32)30(26)18-20-11-9-19(2)10-12-20/h5-16,26H,3-4,17-18H2,1-2H3/t26-/m1/s1. The van der Waals surface area contributed by atoms with E-state index < -0.39 is 6.04 Å². The number of aryl methyl sites for hydroxylation is 1. The summed E-state index contributed by atoms with van der Waals surface area (Å²) in [4.78, 5) is 28.9. The van der Waals surface area contributed by atoms with Crippen molar-refractivity contribution in [2.45, 2.75) is 39.3 Å². The molecule has 5 rings (SSSR count). The third-order valence-corrected chi connectivity index (χ3v) is 6.31. The first-order chi connectivity index (χ1) is 16.6. The Labute approximate surface area is 198 Å². The van der Waals surface area contributed by atoms with Gasteiger partial charge in [-0.1, -0.05) is 67.4 Å².